The number of imidazole rings is 2. The zero-order valence-electron chi connectivity index (χ0n) is 16.8. The summed E-state index contributed by atoms with van der Waals surface area (Å²) in [4.78, 5) is 22.1. The first-order valence-corrected chi connectivity index (χ1v) is 10.00. The highest BCUT2D eigenvalue weighted by Crippen LogP contribution is 2.29. The van der Waals surface area contributed by atoms with Crippen molar-refractivity contribution in [1.82, 2.24) is 19.5 Å². The van der Waals surface area contributed by atoms with Crippen LogP contribution in [-0.2, 0) is 6.61 Å². The van der Waals surface area contributed by atoms with Gasteiger partial charge in [-0.25, -0.2) is 9.78 Å². The van der Waals surface area contributed by atoms with Crippen LogP contribution >= 0.6 is 0 Å². The van der Waals surface area contributed by atoms with Gasteiger partial charge in [0.05, 0.1) is 22.1 Å². The van der Waals surface area contributed by atoms with Crippen LogP contribution in [0.25, 0.3) is 27.8 Å². The molecule has 5 rings (SSSR count). The fraction of sp³-hybridized carbons (Fsp3) is 0.167. The summed E-state index contributed by atoms with van der Waals surface area (Å²) in [5.41, 5.74) is 5.33. The number of rotatable bonds is 5. The fourth-order valence-corrected chi connectivity index (χ4v) is 3.73. The highest BCUT2D eigenvalue weighted by Gasteiger charge is 2.16. The molecule has 0 aliphatic carbocycles. The third-order valence-corrected chi connectivity index (χ3v) is 5.17. The number of fused-ring (bicyclic) bond motifs is 2. The van der Waals surface area contributed by atoms with Crippen molar-refractivity contribution >= 4 is 22.1 Å². The van der Waals surface area contributed by atoms with E-state index in [-0.39, 0.29) is 11.6 Å². The van der Waals surface area contributed by atoms with Gasteiger partial charge in [-0.15, -0.1) is 0 Å². The third kappa shape index (κ3) is 3.26. The summed E-state index contributed by atoms with van der Waals surface area (Å²) in [7, 11) is 0. The molecule has 0 aliphatic rings. The van der Waals surface area contributed by atoms with Gasteiger partial charge >= 0.3 is 5.69 Å². The Hall–Kier alpha value is -3.80. The number of H-pyrrole nitrogens is 2. The first-order chi connectivity index (χ1) is 14.6. The lowest BCUT2D eigenvalue weighted by Gasteiger charge is -2.12. The average Bonchev–Trinajstić information content (AvgIpc) is 3.31. The summed E-state index contributed by atoms with van der Waals surface area (Å²) in [5.74, 6) is 1.98. The van der Waals surface area contributed by atoms with Crippen LogP contribution in [0.3, 0.4) is 0 Å². The van der Waals surface area contributed by atoms with Crippen LogP contribution in [0.1, 0.15) is 31.2 Å². The molecule has 0 aliphatic heterocycles. The van der Waals surface area contributed by atoms with Crippen molar-refractivity contribution < 1.29 is 4.74 Å². The monoisotopic (exact) mass is 398 g/mol. The molecule has 6 nitrogen and oxygen atoms in total. The molecule has 2 heterocycles. The Labute approximate surface area is 173 Å². The molecule has 30 heavy (non-hydrogen) atoms. The minimum Gasteiger partial charge on any atom is -0.489 e. The minimum absolute atomic E-state index is 0.207. The standard InChI is InChI=1S/C24H22N4O2/c1-15(2)23-25-21-13-18(30-14-16-6-4-3-5-7-16)9-11-22(21)28(23)17-8-10-19-20(12-17)27-24(29)26-19/h3-13,15H,14H2,1-2H3,(H2,26,27,29). The van der Waals surface area contributed by atoms with Gasteiger partial charge in [-0.05, 0) is 35.9 Å². The maximum absolute atomic E-state index is 11.6. The van der Waals surface area contributed by atoms with Crippen molar-refractivity contribution in [2.24, 2.45) is 0 Å². The van der Waals surface area contributed by atoms with Crippen molar-refractivity contribution in [3.63, 3.8) is 0 Å². The summed E-state index contributed by atoms with van der Waals surface area (Å²) in [6, 6.07) is 22.0. The van der Waals surface area contributed by atoms with Crippen molar-refractivity contribution in [2.45, 2.75) is 26.4 Å². The lowest BCUT2D eigenvalue weighted by Crippen LogP contribution is -2.03. The van der Waals surface area contributed by atoms with Crippen LogP contribution in [0.4, 0.5) is 0 Å². The predicted molar refractivity (Wildman–Crippen MR) is 118 cm³/mol. The molecule has 0 radical (unpaired) electrons. The lowest BCUT2D eigenvalue weighted by atomic mass is 10.2. The number of benzene rings is 3. The van der Waals surface area contributed by atoms with E-state index in [4.69, 9.17) is 9.72 Å². The molecular formula is C24H22N4O2. The summed E-state index contributed by atoms with van der Waals surface area (Å²) in [5, 5.41) is 0. The third-order valence-electron chi connectivity index (χ3n) is 5.17. The molecule has 0 atom stereocenters. The zero-order chi connectivity index (χ0) is 20.7. The van der Waals surface area contributed by atoms with Crippen LogP contribution in [0.15, 0.2) is 71.5 Å². The molecule has 0 amide bonds. The van der Waals surface area contributed by atoms with Crippen molar-refractivity contribution in [3.8, 4) is 11.4 Å². The molecular weight excluding hydrogens is 376 g/mol. The Morgan fingerprint density at radius 3 is 2.57 bits per heavy atom. The van der Waals surface area contributed by atoms with Gasteiger partial charge in [0.25, 0.3) is 0 Å². The normalized spacial score (nSPS) is 11.6. The van der Waals surface area contributed by atoms with Crippen LogP contribution in [0.2, 0.25) is 0 Å². The number of aromatic nitrogens is 4. The van der Waals surface area contributed by atoms with Crippen molar-refractivity contribution in [3.05, 3.63) is 88.6 Å². The van der Waals surface area contributed by atoms with E-state index in [1.807, 2.05) is 66.7 Å². The Kier molecular flexibility index (Phi) is 4.39. The van der Waals surface area contributed by atoms with Crippen molar-refractivity contribution in [1.29, 1.82) is 0 Å². The molecule has 0 saturated carbocycles. The van der Waals surface area contributed by atoms with Gasteiger partial charge in [-0.1, -0.05) is 44.2 Å². The predicted octanol–water partition coefficient (Wildman–Crippen LogP) is 4.90. The van der Waals surface area contributed by atoms with E-state index < -0.39 is 0 Å². The molecule has 2 N–H and O–H groups in total. The zero-order valence-corrected chi connectivity index (χ0v) is 16.8. The van der Waals surface area contributed by atoms with Gasteiger partial charge in [0.15, 0.2) is 0 Å². The molecule has 0 spiro atoms. The van der Waals surface area contributed by atoms with Crippen LogP contribution < -0.4 is 10.4 Å². The molecule has 3 aromatic carbocycles. The number of hydrogen-bond donors (Lipinski definition) is 2. The number of nitrogens with one attached hydrogen (secondary N) is 2. The van der Waals surface area contributed by atoms with Crippen LogP contribution in [-0.4, -0.2) is 19.5 Å². The van der Waals surface area contributed by atoms with Crippen LogP contribution in [0, 0.1) is 0 Å². The first-order valence-electron chi connectivity index (χ1n) is 10.00. The molecule has 0 saturated heterocycles. The van der Waals surface area contributed by atoms with E-state index in [0.29, 0.717) is 6.61 Å². The molecule has 0 unspecified atom stereocenters. The number of ether oxygens (including phenoxy) is 1. The first kappa shape index (κ1) is 18.2. The van der Waals surface area contributed by atoms with E-state index in [9.17, 15) is 4.79 Å². The second kappa shape index (κ2) is 7.22. The summed E-state index contributed by atoms with van der Waals surface area (Å²) >= 11 is 0. The Balaban J connectivity index is 1.56. The number of hydrogen-bond acceptors (Lipinski definition) is 3. The molecule has 150 valence electrons. The molecule has 2 aromatic heterocycles. The highest BCUT2D eigenvalue weighted by atomic mass is 16.5. The maximum Gasteiger partial charge on any atom is 0.323 e. The van der Waals surface area contributed by atoms with E-state index in [0.717, 1.165) is 44.9 Å². The second-order valence-corrected chi connectivity index (χ2v) is 7.69. The second-order valence-electron chi connectivity index (χ2n) is 7.69. The Bertz CT molecular complexity index is 1390. The maximum atomic E-state index is 11.6. The lowest BCUT2D eigenvalue weighted by molar-refractivity contribution is 0.306. The Morgan fingerprint density at radius 2 is 1.77 bits per heavy atom. The smallest absolute Gasteiger partial charge is 0.323 e. The summed E-state index contributed by atoms with van der Waals surface area (Å²) in [6.45, 7) is 4.77. The largest absolute Gasteiger partial charge is 0.489 e. The van der Waals surface area contributed by atoms with E-state index in [2.05, 4.69) is 28.4 Å². The van der Waals surface area contributed by atoms with Crippen molar-refractivity contribution in [2.75, 3.05) is 0 Å². The van der Waals surface area contributed by atoms with Gasteiger partial charge in [0, 0.05) is 17.7 Å². The van der Waals surface area contributed by atoms with E-state index >= 15 is 0 Å². The molecule has 0 fully saturated rings. The fourth-order valence-electron chi connectivity index (χ4n) is 3.73. The molecule has 6 heteroatoms. The highest BCUT2D eigenvalue weighted by molar-refractivity contribution is 5.82. The quantitative estimate of drug-likeness (QED) is 0.442. The number of aromatic amines is 2. The summed E-state index contributed by atoms with van der Waals surface area (Å²) in [6.07, 6.45) is 0. The van der Waals surface area contributed by atoms with Gasteiger partial charge in [-0.2, -0.15) is 0 Å². The van der Waals surface area contributed by atoms with Gasteiger partial charge in [-0.3, -0.25) is 4.57 Å². The van der Waals surface area contributed by atoms with Gasteiger partial charge in [0.1, 0.15) is 18.2 Å². The Morgan fingerprint density at radius 1 is 0.967 bits per heavy atom. The minimum atomic E-state index is -0.207. The number of nitrogens with zero attached hydrogens (tertiary/aromatic N) is 2. The van der Waals surface area contributed by atoms with Gasteiger partial charge in [0.2, 0.25) is 0 Å². The summed E-state index contributed by atoms with van der Waals surface area (Å²) < 4.78 is 8.13. The molecule has 0 bridgehead atoms. The van der Waals surface area contributed by atoms with E-state index in [1.54, 1.807) is 0 Å². The van der Waals surface area contributed by atoms with Gasteiger partial charge < -0.3 is 14.7 Å². The topological polar surface area (TPSA) is 75.7 Å². The SMILES string of the molecule is CC(C)c1nc2cc(OCc3ccccc3)ccc2n1-c1ccc2[nH]c(=O)[nH]c2c1. The van der Waals surface area contributed by atoms with E-state index in [1.165, 1.54) is 0 Å². The average molecular weight is 398 g/mol. The van der Waals surface area contributed by atoms with Crippen LogP contribution in [0.5, 0.6) is 5.75 Å². The molecule has 5 aromatic rings.